The lowest BCUT2D eigenvalue weighted by molar-refractivity contribution is -0.00435. The molecular weight excluding hydrogens is 298 g/mol. The van der Waals surface area contributed by atoms with Crippen molar-refractivity contribution in [2.24, 2.45) is 5.92 Å². The van der Waals surface area contributed by atoms with E-state index >= 15 is 0 Å². The van der Waals surface area contributed by atoms with E-state index < -0.39 is 5.60 Å². The fraction of sp³-hybridized carbons (Fsp3) is 0.529. The highest BCUT2D eigenvalue weighted by atomic mass is 32.1. The maximum Gasteiger partial charge on any atom is 0.136 e. The average molecular weight is 322 g/mol. The van der Waals surface area contributed by atoms with Crippen LogP contribution in [0.1, 0.15) is 35.4 Å². The maximum absolute atomic E-state index is 11.6. The predicted octanol–water partition coefficient (Wildman–Crippen LogP) is 4.17. The standard InChI is InChI=1S/C17H23NOS2/c1-18(2)14-9-7-13(8-10-14)17(19,15-5-3-11-20-15)16-6-4-12-21-16/h3-6,11-14,19H,7-10H2,1-2H3. The third-order valence-electron chi connectivity index (χ3n) is 4.81. The van der Waals surface area contributed by atoms with Crippen molar-refractivity contribution in [3.63, 3.8) is 0 Å². The number of hydrogen-bond acceptors (Lipinski definition) is 4. The number of aliphatic hydroxyl groups is 1. The van der Waals surface area contributed by atoms with Gasteiger partial charge in [0.1, 0.15) is 5.60 Å². The molecule has 0 aliphatic heterocycles. The molecule has 1 aliphatic rings. The van der Waals surface area contributed by atoms with Crippen molar-refractivity contribution in [1.82, 2.24) is 4.90 Å². The number of rotatable bonds is 4. The number of hydrogen-bond donors (Lipinski definition) is 1. The Morgan fingerprint density at radius 3 is 1.90 bits per heavy atom. The van der Waals surface area contributed by atoms with Gasteiger partial charge in [-0.05, 0) is 68.6 Å². The van der Waals surface area contributed by atoms with Crippen molar-refractivity contribution in [3.05, 3.63) is 44.8 Å². The zero-order valence-electron chi connectivity index (χ0n) is 12.7. The Labute approximate surface area is 135 Å². The summed E-state index contributed by atoms with van der Waals surface area (Å²) in [6.07, 6.45) is 4.54. The molecule has 1 fully saturated rings. The van der Waals surface area contributed by atoms with Gasteiger partial charge in [-0.1, -0.05) is 12.1 Å². The summed E-state index contributed by atoms with van der Waals surface area (Å²) in [5.74, 6) is 0.325. The largest absolute Gasteiger partial charge is 0.378 e. The molecule has 2 heterocycles. The van der Waals surface area contributed by atoms with Crippen LogP contribution in [-0.2, 0) is 5.60 Å². The molecule has 0 spiro atoms. The Balaban J connectivity index is 1.88. The monoisotopic (exact) mass is 321 g/mol. The average Bonchev–Trinajstić information content (AvgIpc) is 3.20. The Hall–Kier alpha value is -0.680. The topological polar surface area (TPSA) is 23.5 Å². The molecule has 3 rings (SSSR count). The first-order chi connectivity index (χ1) is 10.1. The molecule has 0 aromatic carbocycles. The summed E-state index contributed by atoms with van der Waals surface area (Å²) in [4.78, 5) is 4.52. The van der Waals surface area contributed by atoms with E-state index in [1.807, 2.05) is 12.1 Å². The molecule has 0 saturated heterocycles. The van der Waals surface area contributed by atoms with Crippen molar-refractivity contribution in [3.8, 4) is 0 Å². The van der Waals surface area contributed by atoms with Crippen LogP contribution in [0.3, 0.4) is 0 Å². The Kier molecular flexibility index (Phi) is 4.50. The van der Waals surface area contributed by atoms with Crippen molar-refractivity contribution < 1.29 is 5.11 Å². The van der Waals surface area contributed by atoms with Gasteiger partial charge in [0, 0.05) is 15.8 Å². The highest BCUT2D eigenvalue weighted by Gasteiger charge is 2.43. The SMILES string of the molecule is CN(C)C1CCC(C(O)(c2cccs2)c2cccs2)CC1. The zero-order valence-corrected chi connectivity index (χ0v) is 14.3. The summed E-state index contributed by atoms with van der Waals surface area (Å²) in [5.41, 5.74) is -0.792. The van der Waals surface area contributed by atoms with Gasteiger partial charge < -0.3 is 10.0 Å². The van der Waals surface area contributed by atoms with Gasteiger partial charge in [-0.2, -0.15) is 0 Å². The smallest absolute Gasteiger partial charge is 0.136 e. The first-order valence-electron chi connectivity index (χ1n) is 7.59. The van der Waals surface area contributed by atoms with Crippen molar-refractivity contribution >= 4 is 22.7 Å². The van der Waals surface area contributed by atoms with Gasteiger partial charge in [0.05, 0.1) is 0 Å². The molecule has 114 valence electrons. The van der Waals surface area contributed by atoms with E-state index in [1.54, 1.807) is 22.7 Å². The molecule has 2 aromatic heterocycles. The Morgan fingerprint density at radius 2 is 1.52 bits per heavy atom. The molecular formula is C17H23NOS2. The van der Waals surface area contributed by atoms with Crippen LogP contribution in [0.4, 0.5) is 0 Å². The minimum absolute atomic E-state index is 0.325. The molecule has 0 bridgehead atoms. The minimum atomic E-state index is -0.792. The first kappa shape index (κ1) is 15.2. The summed E-state index contributed by atoms with van der Waals surface area (Å²) in [5, 5.41) is 15.7. The van der Waals surface area contributed by atoms with E-state index in [1.165, 1.54) is 12.8 Å². The third-order valence-corrected chi connectivity index (χ3v) is 6.80. The van der Waals surface area contributed by atoms with Crippen LogP contribution in [0.2, 0.25) is 0 Å². The molecule has 1 saturated carbocycles. The predicted molar refractivity (Wildman–Crippen MR) is 91.1 cm³/mol. The molecule has 2 nitrogen and oxygen atoms in total. The number of nitrogens with zero attached hydrogens (tertiary/aromatic N) is 1. The van der Waals surface area contributed by atoms with Gasteiger partial charge >= 0.3 is 0 Å². The van der Waals surface area contributed by atoms with E-state index in [4.69, 9.17) is 0 Å². The molecule has 0 amide bonds. The van der Waals surface area contributed by atoms with Crippen molar-refractivity contribution in [2.45, 2.75) is 37.3 Å². The zero-order chi connectivity index (χ0) is 14.9. The normalized spacial score (nSPS) is 23.6. The van der Waals surface area contributed by atoms with Gasteiger partial charge in [-0.3, -0.25) is 0 Å². The van der Waals surface area contributed by atoms with Crippen LogP contribution >= 0.6 is 22.7 Å². The van der Waals surface area contributed by atoms with Crippen LogP contribution in [0.15, 0.2) is 35.0 Å². The van der Waals surface area contributed by atoms with Gasteiger partial charge in [-0.25, -0.2) is 0 Å². The molecule has 4 heteroatoms. The van der Waals surface area contributed by atoms with Gasteiger partial charge in [0.15, 0.2) is 0 Å². The first-order valence-corrected chi connectivity index (χ1v) is 9.35. The summed E-state index contributed by atoms with van der Waals surface area (Å²) in [6.45, 7) is 0. The van der Waals surface area contributed by atoms with E-state index in [2.05, 4.69) is 41.9 Å². The van der Waals surface area contributed by atoms with Gasteiger partial charge in [-0.15, -0.1) is 22.7 Å². The lowest BCUT2D eigenvalue weighted by atomic mass is 9.73. The van der Waals surface area contributed by atoms with E-state index in [9.17, 15) is 5.11 Å². The molecule has 2 aromatic rings. The van der Waals surface area contributed by atoms with Crippen LogP contribution in [-0.4, -0.2) is 30.1 Å². The fourth-order valence-electron chi connectivity index (χ4n) is 3.52. The van der Waals surface area contributed by atoms with Crippen LogP contribution in [0.5, 0.6) is 0 Å². The lowest BCUT2D eigenvalue weighted by Gasteiger charge is -2.41. The molecule has 1 aliphatic carbocycles. The second kappa shape index (κ2) is 6.21. The molecule has 0 unspecified atom stereocenters. The lowest BCUT2D eigenvalue weighted by Crippen LogP contribution is -2.41. The van der Waals surface area contributed by atoms with E-state index in [0.29, 0.717) is 12.0 Å². The van der Waals surface area contributed by atoms with E-state index in [-0.39, 0.29) is 0 Å². The van der Waals surface area contributed by atoms with E-state index in [0.717, 1.165) is 22.6 Å². The third kappa shape index (κ3) is 2.82. The van der Waals surface area contributed by atoms with Crippen LogP contribution in [0, 0.1) is 5.92 Å². The summed E-state index contributed by atoms with van der Waals surface area (Å²) in [6, 6.07) is 8.93. The summed E-state index contributed by atoms with van der Waals surface area (Å²) >= 11 is 3.35. The Bertz CT molecular complexity index is 505. The van der Waals surface area contributed by atoms with Crippen molar-refractivity contribution in [1.29, 1.82) is 0 Å². The second-order valence-corrected chi connectivity index (χ2v) is 8.09. The summed E-state index contributed by atoms with van der Waals surface area (Å²) < 4.78 is 0. The second-order valence-electron chi connectivity index (χ2n) is 6.19. The highest BCUT2D eigenvalue weighted by molar-refractivity contribution is 7.11. The molecule has 21 heavy (non-hydrogen) atoms. The summed E-state index contributed by atoms with van der Waals surface area (Å²) in [7, 11) is 4.32. The van der Waals surface area contributed by atoms with Gasteiger partial charge in [0.25, 0.3) is 0 Å². The quantitative estimate of drug-likeness (QED) is 0.914. The minimum Gasteiger partial charge on any atom is -0.378 e. The van der Waals surface area contributed by atoms with Crippen LogP contribution in [0.25, 0.3) is 0 Å². The molecule has 1 N–H and O–H groups in total. The van der Waals surface area contributed by atoms with Gasteiger partial charge in [0.2, 0.25) is 0 Å². The van der Waals surface area contributed by atoms with Crippen LogP contribution < -0.4 is 0 Å². The molecule has 0 atom stereocenters. The maximum atomic E-state index is 11.6. The Morgan fingerprint density at radius 1 is 1.00 bits per heavy atom. The highest BCUT2D eigenvalue weighted by Crippen LogP contribution is 2.47. The van der Waals surface area contributed by atoms with Crippen molar-refractivity contribution in [2.75, 3.05) is 14.1 Å². The fourth-order valence-corrected chi connectivity index (χ4v) is 5.42. The molecule has 0 radical (unpaired) electrons. The number of thiophene rings is 2.